The first-order chi connectivity index (χ1) is 9.72. The van der Waals surface area contributed by atoms with E-state index in [9.17, 15) is 4.79 Å². The average molecular weight is 278 g/mol. The van der Waals surface area contributed by atoms with E-state index in [1.807, 2.05) is 12.1 Å². The molecular weight excluding hydrogens is 256 g/mol. The van der Waals surface area contributed by atoms with E-state index in [2.05, 4.69) is 10.6 Å². The number of benzene rings is 1. The lowest BCUT2D eigenvalue weighted by atomic mass is 10.1. The van der Waals surface area contributed by atoms with Crippen LogP contribution in [0.3, 0.4) is 0 Å². The van der Waals surface area contributed by atoms with Gasteiger partial charge in [-0.2, -0.15) is 0 Å². The molecule has 1 fully saturated rings. The average Bonchev–Trinajstić information content (AvgIpc) is 2.48. The number of ether oxygens (including phenoxy) is 2. The minimum atomic E-state index is 0.0420. The molecule has 0 saturated carbocycles. The van der Waals surface area contributed by atoms with Crippen molar-refractivity contribution in [2.75, 3.05) is 27.3 Å². The first-order valence-corrected chi connectivity index (χ1v) is 6.94. The highest BCUT2D eigenvalue weighted by molar-refractivity contribution is 5.79. The minimum Gasteiger partial charge on any atom is -0.497 e. The summed E-state index contributed by atoms with van der Waals surface area (Å²) >= 11 is 0. The van der Waals surface area contributed by atoms with Crippen molar-refractivity contribution in [3.63, 3.8) is 0 Å². The standard InChI is InChI=1S/C15H22N2O3/c1-19-13-4-3-11(14(10-13)20-2)9-15(18)17-12-5-7-16-8-6-12/h3-4,10,12,16H,5-9H2,1-2H3,(H,17,18). The highest BCUT2D eigenvalue weighted by Crippen LogP contribution is 2.24. The number of nitrogens with one attached hydrogen (secondary N) is 2. The topological polar surface area (TPSA) is 59.6 Å². The summed E-state index contributed by atoms with van der Waals surface area (Å²) in [4.78, 5) is 12.1. The fourth-order valence-electron chi connectivity index (χ4n) is 2.42. The van der Waals surface area contributed by atoms with Gasteiger partial charge < -0.3 is 20.1 Å². The molecular formula is C15H22N2O3. The molecule has 0 atom stereocenters. The van der Waals surface area contributed by atoms with Crippen LogP contribution in [-0.4, -0.2) is 39.3 Å². The van der Waals surface area contributed by atoms with Gasteiger partial charge in [-0.15, -0.1) is 0 Å². The predicted octanol–water partition coefficient (Wildman–Crippen LogP) is 1.11. The number of carbonyl (C=O) groups is 1. The van der Waals surface area contributed by atoms with E-state index in [0.717, 1.165) is 37.2 Å². The Bertz CT molecular complexity index is 456. The van der Waals surface area contributed by atoms with Crippen LogP contribution >= 0.6 is 0 Å². The SMILES string of the molecule is COc1ccc(CC(=O)NC2CCNCC2)c(OC)c1. The van der Waals surface area contributed by atoms with Crippen LogP contribution in [0.4, 0.5) is 0 Å². The van der Waals surface area contributed by atoms with Crippen molar-refractivity contribution in [1.82, 2.24) is 10.6 Å². The van der Waals surface area contributed by atoms with Gasteiger partial charge in [-0.05, 0) is 32.0 Å². The molecule has 0 unspecified atom stereocenters. The van der Waals surface area contributed by atoms with E-state index >= 15 is 0 Å². The van der Waals surface area contributed by atoms with Crippen molar-refractivity contribution in [2.24, 2.45) is 0 Å². The molecule has 1 heterocycles. The number of methoxy groups -OCH3 is 2. The fourth-order valence-corrected chi connectivity index (χ4v) is 2.42. The maximum atomic E-state index is 12.1. The summed E-state index contributed by atoms with van der Waals surface area (Å²) in [6.45, 7) is 1.94. The van der Waals surface area contributed by atoms with Crippen molar-refractivity contribution in [3.05, 3.63) is 23.8 Å². The summed E-state index contributed by atoms with van der Waals surface area (Å²) in [6, 6.07) is 5.80. The van der Waals surface area contributed by atoms with Crippen LogP contribution in [0.5, 0.6) is 11.5 Å². The lowest BCUT2D eigenvalue weighted by molar-refractivity contribution is -0.121. The van der Waals surface area contributed by atoms with Crippen LogP contribution in [0.2, 0.25) is 0 Å². The molecule has 1 aliphatic heterocycles. The van der Waals surface area contributed by atoms with E-state index in [1.165, 1.54) is 0 Å². The molecule has 1 aromatic rings. The maximum Gasteiger partial charge on any atom is 0.224 e. The molecule has 5 heteroatoms. The van der Waals surface area contributed by atoms with Crippen LogP contribution in [0.1, 0.15) is 18.4 Å². The largest absolute Gasteiger partial charge is 0.497 e. The van der Waals surface area contributed by atoms with Crippen LogP contribution < -0.4 is 20.1 Å². The van der Waals surface area contributed by atoms with Gasteiger partial charge in [0, 0.05) is 17.7 Å². The van der Waals surface area contributed by atoms with Crippen LogP contribution in [-0.2, 0) is 11.2 Å². The van der Waals surface area contributed by atoms with Crippen molar-refractivity contribution in [2.45, 2.75) is 25.3 Å². The summed E-state index contributed by atoms with van der Waals surface area (Å²) in [5.41, 5.74) is 0.875. The smallest absolute Gasteiger partial charge is 0.224 e. The second kappa shape index (κ2) is 7.14. The molecule has 1 amide bonds. The molecule has 2 N–H and O–H groups in total. The summed E-state index contributed by atoms with van der Waals surface area (Å²) in [5.74, 6) is 1.45. The summed E-state index contributed by atoms with van der Waals surface area (Å²) in [5, 5.41) is 6.36. The van der Waals surface area contributed by atoms with Gasteiger partial charge in [0.2, 0.25) is 5.91 Å². The maximum absolute atomic E-state index is 12.1. The highest BCUT2D eigenvalue weighted by atomic mass is 16.5. The molecule has 1 saturated heterocycles. The zero-order chi connectivity index (χ0) is 14.4. The molecule has 5 nitrogen and oxygen atoms in total. The molecule has 0 spiro atoms. The molecule has 0 aliphatic carbocycles. The Morgan fingerprint density at radius 2 is 2.05 bits per heavy atom. The second-order valence-electron chi connectivity index (χ2n) is 4.95. The summed E-state index contributed by atoms with van der Waals surface area (Å²) in [7, 11) is 3.21. The van der Waals surface area contributed by atoms with E-state index in [1.54, 1.807) is 20.3 Å². The fraction of sp³-hybridized carbons (Fsp3) is 0.533. The molecule has 20 heavy (non-hydrogen) atoms. The van der Waals surface area contributed by atoms with Crippen molar-refractivity contribution in [3.8, 4) is 11.5 Å². The van der Waals surface area contributed by atoms with Gasteiger partial charge in [0.05, 0.1) is 20.6 Å². The van der Waals surface area contributed by atoms with Crippen LogP contribution in [0.15, 0.2) is 18.2 Å². The van der Waals surface area contributed by atoms with Crippen molar-refractivity contribution < 1.29 is 14.3 Å². The molecule has 0 aromatic heterocycles. The van der Waals surface area contributed by atoms with Crippen LogP contribution in [0, 0.1) is 0 Å². The number of hydrogen-bond acceptors (Lipinski definition) is 4. The van der Waals surface area contributed by atoms with Gasteiger partial charge in [0.15, 0.2) is 0 Å². The molecule has 1 aliphatic rings. The zero-order valence-electron chi connectivity index (χ0n) is 12.1. The Kier molecular flexibility index (Phi) is 5.24. The Morgan fingerprint density at radius 1 is 1.30 bits per heavy atom. The second-order valence-corrected chi connectivity index (χ2v) is 4.95. The van der Waals surface area contributed by atoms with Gasteiger partial charge >= 0.3 is 0 Å². The number of hydrogen-bond donors (Lipinski definition) is 2. The van der Waals surface area contributed by atoms with E-state index in [4.69, 9.17) is 9.47 Å². The highest BCUT2D eigenvalue weighted by Gasteiger charge is 2.16. The minimum absolute atomic E-state index is 0.0420. The molecule has 0 radical (unpaired) electrons. The van der Waals surface area contributed by atoms with Gasteiger partial charge in [0.25, 0.3) is 0 Å². The van der Waals surface area contributed by atoms with E-state index < -0.39 is 0 Å². The van der Waals surface area contributed by atoms with E-state index in [-0.39, 0.29) is 11.9 Å². The number of rotatable bonds is 5. The Balaban J connectivity index is 1.96. The summed E-state index contributed by atoms with van der Waals surface area (Å²) < 4.78 is 10.5. The number of piperidine rings is 1. The quantitative estimate of drug-likeness (QED) is 0.847. The first-order valence-electron chi connectivity index (χ1n) is 6.94. The van der Waals surface area contributed by atoms with Crippen molar-refractivity contribution >= 4 is 5.91 Å². The summed E-state index contributed by atoms with van der Waals surface area (Å²) in [6.07, 6.45) is 2.31. The lowest BCUT2D eigenvalue weighted by Gasteiger charge is -2.23. The third-order valence-corrected chi connectivity index (χ3v) is 3.55. The van der Waals surface area contributed by atoms with Crippen LogP contribution in [0.25, 0.3) is 0 Å². The zero-order valence-corrected chi connectivity index (χ0v) is 12.1. The Labute approximate surface area is 119 Å². The third-order valence-electron chi connectivity index (χ3n) is 3.55. The molecule has 0 bridgehead atoms. The lowest BCUT2D eigenvalue weighted by Crippen LogP contribution is -2.43. The Morgan fingerprint density at radius 3 is 2.70 bits per heavy atom. The van der Waals surface area contributed by atoms with Gasteiger partial charge in [-0.3, -0.25) is 4.79 Å². The first kappa shape index (κ1) is 14.7. The van der Waals surface area contributed by atoms with Gasteiger partial charge in [0.1, 0.15) is 11.5 Å². The third kappa shape index (κ3) is 3.87. The molecule has 1 aromatic carbocycles. The Hall–Kier alpha value is -1.75. The number of carbonyl (C=O) groups excluding carboxylic acids is 1. The number of amides is 1. The molecule has 110 valence electrons. The monoisotopic (exact) mass is 278 g/mol. The van der Waals surface area contributed by atoms with Crippen molar-refractivity contribution in [1.29, 1.82) is 0 Å². The normalized spacial score (nSPS) is 15.7. The predicted molar refractivity (Wildman–Crippen MR) is 77.3 cm³/mol. The molecule has 2 rings (SSSR count). The van der Waals surface area contributed by atoms with Gasteiger partial charge in [-0.1, -0.05) is 6.07 Å². The van der Waals surface area contributed by atoms with E-state index in [0.29, 0.717) is 12.2 Å². The van der Waals surface area contributed by atoms with Gasteiger partial charge in [-0.25, -0.2) is 0 Å².